The Bertz CT molecular complexity index is 919. The lowest BCUT2D eigenvalue weighted by Crippen LogP contribution is -1.99. The van der Waals surface area contributed by atoms with Gasteiger partial charge in [-0.1, -0.05) is 72.8 Å². The van der Waals surface area contributed by atoms with Crippen LogP contribution in [0.15, 0.2) is 78.4 Å². The minimum atomic E-state index is 0.162. The summed E-state index contributed by atoms with van der Waals surface area (Å²) in [6, 6.07) is 25.2. The van der Waals surface area contributed by atoms with Crippen molar-refractivity contribution in [2.45, 2.75) is 19.3 Å². The van der Waals surface area contributed by atoms with Gasteiger partial charge in [0.2, 0.25) is 0 Å². The van der Waals surface area contributed by atoms with Gasteiger partial charge in [-0.3, -0.25) is 4.79 Å². The second-order valence-electron chi connectivity index (χ2n) is 6.19. The third-order valence-corrected chi connectivity index (χ3v) is 4.82. The summed E-state index contributed by atoms with van der Waals surface area (Å²) in [6.07, 6.45) is 0.578. The van der Waals surface area contributed by atoms with Crippen molar-refractivity contribution in [3.05, 3.63) is 89.5 Å². The number of Topliss-reactive ketones (excluding diaryl/α,β-unsaturated/α-hetero) is 1. The first-order valence-corrected chi connectivity index (χ1v) is 8.02. The minimum Gasteiger partial charge on any atom is -0.295 e. The molecule has 0 fully saturated rings. The van der Waals surface area contributed by atoms with Gasteiger partial charge in [0.1, 0.15) is 0 Å². The molecule has 1 aliphatic carbocycles. The van der Waals surface area contributed by atoms with Crippen LogP contribution in [0.2, 0.25) is 0 Å². The second-order valence-corrected chi connectivity index (χ2v) is 6.19. The molecule has 0 saturated heterocycles. The van der Waals surface area contributed by atoms with E-state index < -0.39 is 0 Å². The van der Waals surface area contributed by atoms with Gasteiger partial charge in [-0.15, -0.1) is 0 Å². The Kier molecular flexibility index (Phi) is 3.34. The standard InChI is InChI=1S/C22H18O/c1-15-21(23)14-20(22(15)17-8-3-2-4-9-17)19-12-11-16-7-5-6-10-18(16)13-19/h2-13,20H,14H2,1H3/t20-/m0/s1. The number of allylic oxidation sites excluding steroid dienone is 2. The van der Waals surface area contributed by atoms with Crippen LogP contribution >= 0.6 is 0 Å². The lowest BCUT2D eigenvalue weighted by Gasteiger charge is -2.16. The molecule has 3 aromatic carbocycles. The fraction of sp³-hybridized carbons (Fsp3) is 0.136. The summed E-state index contributed by atoms with van der Waals surface area (Å²) in [5.74, 6) is 0.427. The number of benzene rings is 3. The Morgan fingerprint density at radius 2 is 1.52 bits per heavy atom. The number of carbonyl (C=O) groups is 1. The maximum Gasteiger partial charge on any atom is 0.159 e. The molecule has 0 radical (unpaired) electrons. The van der Waals surface area contributed by atoms with Crippen LogP contribution in [0.5, 0.6) is 0 Å². The molecule has 0 saturated carbocycles. The van der Waals surface area contributed by atoms with Gasteiger partial charge in [0.15, 0.2) is 5.78 Å². The van der Waals surface area contributed by atoms with E-state index in [-0.39, 0.29) is 11.7 Å². The molecule has 1 atom stereocenters. The van der Waals surface area contributed by atoms with E-state index in [9.17, 15) is 4.79 Å². The minimum absolute atomic E-state index is 0.162. The van der Waals surface area contributed by atoms with Crippen LogP contribution in [0, 0.1) is 0 Å². The molecule has 3 aromatic rings. The lowest BCUT2D eigenvalue weighted by atomic mass is 9.87. The molecule has 0 aromatic heterocycles. The summed E-state index contributed by atoms with van der Waals surface area (Å²) in [6.45, 7) is 1.96. The zero-order valence-corrected chi connectivity index (χ0v) is 13.1. The van der Waals surface area contributed by atoms with Crippen molar-refractivity contribution in [2.75, 3.05) is 0 Å². The van der Waals surface area contributed by atoms with Crippen LogP contribution in [-0.4, -0.2) is 5.78 Å². The molecule has 23 heavy (non-hydrogen) atoms. The number of ketones is 1. The van der Waals surface area contributed by atoms with E-state index in [0.29, 0.717) is 6.42 Å². The molecule has 0 spiro atoms. The predicted molar refractivity (Wildman–Crippen MR) is 95.3 cm³/mol. The van der Waals surface area contributed by atoms with Crippen LogP contribution in [0.1, 0.15) is 30.4 Å². The van der Waals surface area contributed by atoms with E-state index in [4.69, 9.17) is 0 Å². The number of fused-ring (bicyclic) bond motifs is 1. The topological polar surface area (TPSA) is 17.1 Å². The Hall–Kier alpha value is -2.67. The average molecular weight is 298 g/mol. The molecular weight excluding hydrogens is 280 g/mol. The maximum absolute atomic E-state index is 12.3. The normalized spacial score (nSPS) is 18.0. The highest BCUT2D eigenvalue weighted by molar-refractivity contribution is 6.09. The SMILES string of the molecule is CC1=C(c2ccccc2)[C@H](c2ccc3ccccc3c2)CC1=O. The highest BCUT2D eigenvalue weighted by Crippen LogP contribution is 2.43. The Balaban J connectivity index is 1.85. The van der Waals surface area contributed by atoms with Crippen LogP contribution in [0.3, 0.4) is 0 Å². The summed E-state index contributed by atoms with van der Waals surface area (Å²) in [4.78, 5) is 12.3. The molecule has 0 bridgehead atoms. The van der Waals surface area contributed by atoms with E-state index in [0.717, 1.165) is 11.1 Å². The monoisotopic (exact) mass is 298 g/mol. The van der Waals surface area contributed by atoms with Crippen molar-refractivity contribution in [1.82, 2.24) is 0 Å². The summed E-state index contributed by atoms with van der Waals surface area (Å²) in [5.41, 5.74) is 4.49. The van der Waals surface area contributed by atoms with E-state index in [1.54, 1.807) is 0 Å². The molecule has 0 unspecified atom stereocenters. The summed E-state index contributed by atoms with van der Waals surface area (Å²) in [5, 5.41) is 2.47. The van der Waals surface area contributed by atoms with Crippen molar-refractivity contribution in [3.63, 3.8) is 0 Å². The van der Waals surface area contributed by atoms with Crippen molar-refractivity contribution >= 4 is 22.1 Å². The highest BCUT2D eigenvalue weighted by Gasteiger charge is 2.31. The Morgan fingerprint density at radius 1 is 0.826 bits per heavy atom. The molecular formula is C22H18O. The van der Waals surface area contributed by atoms with Crippen molar-refractivity contribution < 1.29 is 4.79 Å². The zero-order chi connectivity index (χ0) is 15.8. The highest BCUT2D eigenvalue weighted by atomic mass is 16.1. The molecule has 1 nitrogen and oxygen atoms in total. The van der Waals surface area contributed by atoms with E-state index in [2.05, 4.69) is 54.6 Å². The van der Waals surface area contributed by atoms with Crippen molar-refractivity contribution in [3.8, 4) is 0 Å². The first-order valence-electron chi connectivity index (χ1n) is 8.02. The number of hydrogen-bond donors (Lipinski definition) is 0. The summed E-state index contributed by atoms with van der Waals surface area (Å²) < 4.78 is 0. The second kappa shape index (κ2) is 5.51. The fourth-order valence-electron chi connectivity index (χ4n) is 3.60. The zero-order valence-electron chi connectivity index (χ0n) is 13.1. The van der Waals surface area contributed by atoms with Gasteiger partial charge in [0.05, 0.1) is 0 Å². The van der Waals surface area contributed by atoms with Gasteiger partial charge in [-0.05, 0) is 40.0 Å². The van der Waals surface area contributed by atoms with Crippen LogP contribution in [0.4, 0.5) is 0 Å². The van der Waals surface area contributed by atoms with Crippen LogP contribution < -0.4 is 0 Å². The number of rotatable bonds is 2. The quantitative estimate of drug-likeness (QED) is 0.621. The molecule has 0 amide bonds. The number of hydrogen-bond acceptors (Lipinski definition) is 1. The van der Waals surface area contributed by atoms with Crippen LogP contribution in [-0.2, 0) is 4.79 Å². The van der Waals surface area contributed by atoms with Crippen LogP contribution in [0.25, 0.3) is 16.3 Å². The summed E-state index contributed by atoms with van der Waals surface area (Å²) >= 11 is 0. The largest absolute Gasteiger partial charge is 0.295 e. The smallest absolute Gasteiger partial charge is 0.159 e. The van der Waals surface area contributed by atoms with E-state index in [1.165, 1.54) is 21.9 Å². The molecule has 0 aliphatic heterocycles. The average Bonchev–Trinajstić information content (AvgIpc) is 2.90. The van der Waals surface area contributed by atoms with Gasteiger partial charge >= 0.3 is 0 Å². The van der Waals surface area contributed by atoms with E-state index in [1.807, 2.05) is 25.1 Å². The molecule has 0 N–H and O–H groups in total. The van der Waals surface area contributed by atoms with Gasteiger partial charge in [0, 0.05) is 12.3 Å². The van der Waals surface area contributed by atoms with Gasteiger partial charge < -0.3 is 0 Å². The Labute approximate surface area is 136 Å². The fourth-order valence-corrected chi connectivity index (χ4v) is 3.60. The number of carbonyl (C=O) groups excluding carboxylic acids is 1. The first-order chi connectivity index (χ1) is 11.2. The molecule has 1 heteroatoms. The van der Waals surface area contributed by atoms with Gasteiger partial charge in [0.25, 0.3) is 0 Å². The third-order valence-electron chi connectivity index (χ3n) is 4.82. The Morgan fingerprint density at radius 3 is 2.30 bits per heavy atom. The van der Waals surface area contributed by atoms with E-state index >= 15 is 0 Å². The third kappa shape index (κ3) is 2.39. The van der Waals surface area contributed by atoms with Crippen molar-refractivity contribution in [2.24, 2.45) is 0 Å². The molecule has 1 aliphatic rings. The predicted octanol–water partition coefficient (Wildman–Crippen LogP) is 5.37. The first kappa shape index (κ1) is 14.0. The summed E-state index contributed by atoms with van der Waals surface area (Å²) in [7, 11) is 0. The molecule has 0 heterocycles. The lowest BCUT2D eigenvalue weighted by molar-refractivity contribution is -0.115. The maximum atomic E-state index is 12.3. The van der Waals surface area contributed by atoms with Gasteiger partial charge in [-0.2, -0.15) is 0 Å². The molecule has 4 rings (SSSR count). The van der Waals surface area contributed by atoms with Crippen molar-refractivity contribution in [1.29, 1.82) is 0 Å². The van der Waals surface area contributed by atoms with Gasteiger partial charge in [-0.25, -0.2) is 0 Å². The molecule has 112 valence electrons.